The Morgan fingerprint density at radius 1 is 1.50 bits per heavy atom. The number of primary amides is 1. The highest BCUT2D eigenvalue weighted by Crippen LogP contribution is 2.34. The molecule has 2 heterocycles. The predicted octanol–water partition coefficient (Wildman–Crippen LogP) is 1.82. The number of hydrogen-bond donors (Lipinski definition) is 1. The number of terminal acetylenes is 1. The predicted molar refractivity (Wildman–Crippen MR) is 74.2 cm³/mol. The monoisotopic (exact) mass is 303 g/mol. The topological polar surface area (TPSA) is 70.1 Å². The molecular weight excluding hydrogens is 292 g/mol. The van der Waals surface area contributed by atoms with Gasteiger partial charge < -0.3 is 10.5 Å². The third-order valence-corrected chi connectivity index (χ3v) is 3.42. The van der Waals surface area contributed by atoms with Crippen molar-refractivity contribution in [2.75, 3.05) is 6.61 Å². The minimum absolute atomic E-state index is 0.181. The minimum Gasteiger partial charge on any atom is -0.491 e. The Bertz CT molecular complexity index is 806. The van der Waals surface area contributed by atoms with Crippen LogP contribution in [0.4, 0.5) is 8.78 Å². The number of amides is 1. The van der Waals surface area contributed by atoms with Crippen LogP contribution in [-0.2, 0) is 6.42 Å². The number of carbonyl (C=O) groups is 1. The zero-order chi connectivity index (χ0) is 15.9. The van der Waals surface area contributed by atoms with Gasteiger partial charge in [0.05, 0.1) is 17.9 Å². The van der Waals surface area contributed by atoms with Crippen molar-refractivity contribution in [3.63, 3.8) is 0 Å². The van der Waals surface area contributed by atoms with Crippen molar-refractivity contribution in [3.05, 3.63) is 40.7 Å². The molecule has 0 bridgehead atoms. The quantitative estimate of drug-likeness (QED) is 0.860. The fourth-order valence-corrected chi connectivity index (χ4v) is 2.47. The number of nitrogens with zero attached hydrogens (tertiary/aromatic N) is 2. The van der Waals surface area contributed by atoms with Gasteiger partial charge in [0, 0.05) is 12.0 Å². The molecule has 0 saturated carbocycles. The molecule has 1 aromatic carbocycles. The zero-order valence-electron chi connectivity index (χ0n) is 11.3. The van der Waals surface area contributed by atoms with Gasteiger partial charge >= 0.3 is 0 Å². The fourth-order valence-electron chi connectivity index (χ4n) is 2.47. The molecule has 2 aromatic rings. The number of alkyl halides is 2. The van der Waals surface area contributed by atoms with Crippen LogP contribution in [0, 0.1) is 12.3 Å². The molecule has 1 amide bonds. The SMILES string of the molecule is C#Cc1ccc2c(c1)-n1nc(C(N)=O)c(C(F)F)c1CCO2. The Labute approximate surface area is 124 Å². The zero-order valence-corrected chi connectivity index (χ0v) is 11.3. The van der Waals surface area contributed by atoms with Crippen LogP contribution < -0.4 is 10.5 Å². The van der Waals surface area contributed by atoms with Crippen LogP contribution in [0.1, 0.15) is 33.7 Å². The number of carbonyl (C=O) groups excluding carboxylic acids is 1. The van der Waals surface area contributed by atoms with Crippen LogP contribution in [0.5, 0.6) is 5.75 Å². The first kappa shape index (κ1) is 14.1. The Hall–Kier alpha value is -2.88. The third kappa shape index (κ3) is 2.09. The second-order valence-corrected chi connectivity index (χ2v) is 4.71. The third-order valence-electron chi connectivity index (χ3n) is 3.42. The summed E-state index contributed by atoms with van der Waals surface area (Å²) in [5.41, 5.74) is 5.46. The maximum absolute atomic E-state index is 13.3. The van der Waals surface area contributed by atoms with Gasteiger partial charge in [0.15, 0.2) is 5.69 Å². The molecule has 1 aromatic heterocycles. The lowest BCUT2D eigenvalue weighted by molar-refractivity contribution is 0.0981. The van der Waals surface area contributed by atoms with E-state index in [-0.39, 0.29) is 18.7 Å². The maximum Gasteiger partial charge on any atom is 0.269 e. The summed E-state index contributed by atoms with van der Waals surface area (Å²) in [7, 11) is 0. The Kier molecular flexibility index (Phi) is 3.29. The summed E-state index contributed by atoms with van der Waals surface area (Å²) in [5.74, 6) is 1.92. The van der Waals surface area contributed by atoms with Gasteiger partial charge in [0.25, 0.3) is 12.3 Å². The van der Waals surface area contributed by atoms with E-state index in [0.717, 1.165) is 0 Å². The highest BCUT2D eigenvalue weighted by atomic mass is 19.3. The van der Waals surface area contributed by atoms with E-state index in [9.17, 15) is 13.6 Å². The van der Waals surface area contributed by atoms with Gasteiger partial charge in [-0.3, -0.25) is 4.79 Å². The minimum atomic E-state index is -2.86. The van der Waals surface area contributed by atoms with Crippen molar-refractivity contribution in [2.45, 2.75) is 12.8 Å². The molecule has 0 atom stereocenters. The molecule has 0 fully saturated rings. The number of halogens is 2. The van der Waals surface area contributed by atoms with Gasteiger partial charge in [0.2, 0.25) is 0 Å². The van der Waals surface area contributed by atoms with Crippen LogP contribution in [0.25, 0.3) is 5.69 Å². The molecule has 5 nitrogen and oxygen atoms in total. The number of nitrogens with two attached hydrogens (primary N) is 1. The number of ether oxygens (including phenoxy) is 1. The van der Waals surface area contributed by atoms with Crippen LogP contribution in [-0.4, -0.2) is 22.3 Å². The molecule has 0 unspecified atom stereocenters. The highest BCUT2D eigenvalue weighted by Gasteiger charge is 2.30. The molecule has 0 spiro atoms. The van der Waals surface area contributed by atoms with Crippen molar-refractivity contribution < 1.29 is 18.3 Å². The second-order valence-electron chi connectivity index (χ2n) is 4.71. The number of rotatable bonds is 2. The summed E-state index contributed by atoms with van der Waals surface area (Å²) < 4.78 is 33.5. The van der Waals surface area contributed by atoms with E-state index in [0.29, 0.717) is 17.0 Å². The molecule has 1 aliphatic rings. The normalized spacial score (nSPS) is 12.8. The smallest absolute Gasteiger partial charge is 0.269 e. The number of hydrogen-bond acceptors (Lipinski definition) is 3. The van der Waals surface area contributed by atoms with Crippen molar-refractivity contribution >= 4 is 5.91 Å². The summed E-state index contributed by atoms with van der Waals surface area (Å²) >= 11 is 0. The molecule has 2 N–H and O–H groups in total. The van der Waals surface area contributed by atoms with E-state index in [1.165, 1.54) is 4.68 Å². The lowest BCUT2D eigenvalue weighted by atomic mass is 10.1. The molecule has 0 saturated heterocycles. The van der Waals surface area contributed by atoms with Crippen LogP contribution in [0.3, 0.4) is 0 Å². The van der Waals surface area contributed by atoms with Gasteiger partial charge in [-0.25, -0.2) is 13.5 Å². The lowest BCUT2D eigenvalue weighted by Crippen LogP contribution is -2.15. The summed E-state index contributed by atoms with van der Waals surface area (Å²) in [4.78, 5) is 11.4. The number of benzene rings is 1. The summed E-state index contributed by atoms with van der Waals surface area (Å²) in [5, 5.41) is 3.96. The van der Waals surface area contributed by atoms with E-state index in [2.05, 4.69) is 11.0 Å². The Morgan fingerprint density at radius 3 is 2.91 bits per heavy atom. The summed E-state index contributed by atoms with van der Waals surface area (Å²) in [6.07, 6.45) is 2.68. The van der Waals surface area contributed by atoms with E-state index in [1.807, 2.05) is 0 Å². The number of fused-ring (bicyclic) bond motifs is 3. The van der Waals surface area contributed by atoms with E-state index < -0.39 is 23.6 Å². The average Bonchev–Trinajstić information content (AvgIpc) is 2.79. The van der Waals surface area contributed by atoms with Crippen LogP contribution >= 0.6 is 0 Å². The van der Waals surface area contributed by atoms with Gasteiger partial charge in [-0.1, -0.05) is 5.92 Å². The molecule has 0 radical (unpaired) electrons. The van der Waals surface area contributed by atoms with Crippen molar-refractivity contribution in [1.82, 2.24) is 9.78 Å². The number of aromatic nitrogens is 2. The Balaban J connectivity index is 2.31. The Morgan fingerprint density at radius 2 is 2.27 bits per heavy atom. The summed E-state index contributed by atoms with van der Waals surface area (Å²) in [6, 6.07) is 4.92. The fraction of sp³-hybridized carbons (Fsp3) is 0.200. The molecule has 22 heavy (non-hydrogen) atoms. The van der Waals surface area contributed by atoms with Gasteiger partial charge in [-0.05, 0) is 18.2 Å². The van der Waals surface area contributed by atoms with E-state index in [4.69, 9.17) is 16.9 Å². The lowest BCUT2D eigenvalue weighted by Gasteiger charge is -2.08. The molecule has 7 heteroatoms. The molecular formula is C15H11F2N3O2. The van der Waals surface area contributed by atoms with E-state index >= 15 is 0 Å². The first-order chi connectivity index (χ1) is 10.5. The van der Waals surface area contributed by atoms with Crippen molar-refractivity contribution in [2.24, 2.45) is 5.73 Å². The van der Waals surface area contributed by atoms with Crippen LogP contribution in [0.2, 0.25) is 0 Å². The second kappa shape index (κ2) is 5.15. The molecule has 3 rings (SSSR count). The van der Waals surface area contributed by atoms with Crippen molar-refractivity contribution in [1.29, 1.82) is 0 Å². The first-order valence-corrected chi connectivity index (χ1v) is 6.46. The van der Waals surface area contributed by atoms with E-state index in [1.54, 1.807) is 18.2 Å². The van der Waals surface area contributed by atoms with Crippen molar-refractivity contribution in [3.8, 4) is 23.8 Å². The van der Waals surface area contributed by atoms with Gasteiger partial charge in [0.1, 0.15) is 11.4 Å². The van der Waals surface area contributed by atoms with Crippen LogP contribution in [0.15, 0.2) is 18.2 Å². The molecule has 1 aliphatic heterocycles. The first-order valence-electron chi connectivity index (χ1n) is 6.46. The molecule has 0 aliphatic carbocycles. The van der Waals surface area contributed by atoms with Gasteiger partial charge in [-0.15, -0.1) is 6.42 Å². The maximum atomic E-state index is 13.3. The molecule has 112 valence electrons. The standard InChI is InChI=1S/C15H11F2N3O2/c1-2-8-3-4-11-10(7-8)20-9(5-6-22-11)12(14(16)17)13(19-20)15(18)21/h1,3-4,7,14H,5-6H2,(H2,18,21). The average molecular weight is 303 g/mol. The summed E-state index contributed by atoms with van der Waals surface area (Å²) in [6.45, 7) is 0.187. The van der Waals surface area contributed by atoms with Gasteiger partial charge in [-0.2, -0.15) is 5.10 Å². The highest BCUT2D eigenvalue weighted by molar-refractivity contribution is 5.92. The largest absolute Gasteiger partial charge is 0.491 e.